The molecule has 1 rings (SSSR count). The van der Waals surface area contributed by atoms with Crippen molar-refractivity contribution in [2.45, 2.75) is 33.2 Å². The highest BCUT2D eigenvalue weighted by atomic mass is 16.5. The molecule has 0 radical (unpaired) electrons. The lowest BCUT2D eigenvalue weighted by molar-refractivity contribution is -0.126. The van der Waals surface area contributed by atoms with Crippen LogP contribution in [0.1, 0.15) is 27.7 Å². The standard InChI is InChI=1S/C15H21N3O2/c1-14(2,15(3,4)17)13(19)18-11-5-7-12(8-6-11)20-10-9-16/h5-8H,10,17H2,1-4H3,(H,18,19). The zero-order valence-electron chi connectivity index (χ0n) is 12.4. The van der Waals surface area contributed by atoms with E-state index in [9.17, 15) is 4.79 Å². The van der Waals surface area contributed by atoms with Gasteiger partial charge in [0.1, 0.15) is 11.8 Å². The number of carbonyl (C=O) groups excluding carboxylic acids is 1. The first-order chi connectivity index (χ1) is 9.18. The highest BCUT2D eigenvalue weighted by Crippen LogP contribution is 2.30. The number of nitrogens with one attached hydrogen (secondary N) is 1. The molecule has 5 nitrogen and oxygen atoms in total. The molecule has 0 saturated carbocycles. The van der Waals surface area contributed by atoms with E-state index in [1.165, 1.54) is 0 Å². The number of benzene rings is 1. The number of hydrogen-bond donors (Lipinski definition) is 2. The highest BCUT2D eigenvalue weighted by Gasteiger charge is 2.40. The number of ether oxygens (including phenoxy) is 1. The molecule has 0 spiro atoms. The summed E-state index contributed by atoms with van der Waals surface area (Å²) in [5.41, 5.74) is 5.36. The van der Waals surface area contributed by atoms with Crippen LogP contribution in [0.5, 0.6) is 5.75 Å². The second-order valence-electron chi connectivity index (χ2n) is 5.77. The van der Waals surface area contributed by atoms with Gasteiger partial charge in [-0.2, -0.15) is 5.26 Å². The number of nitrogens with two attached hydrogens (primary N) is 1. The first-order valence-electron chi connectivity index (χ1n) is 6.38. The quantitative estimate of drug-likeness (QED) is 0.863. The molecule has 3 N–H and O–H groups in total. The lowest BCUT2D eigenvalue weighted by Crippen LogP contribution is -2.53. The van der Waals surface area contributed by atoms with Crippen molar-refractivity contribution in [1.29, 1.82) is 5.26 Å². The smallest absolute Gasteiger partial charge is 0.231 e. The summed E-state index contributed by atoms with van der Waals surface area (Å²) in [7, 11) is 0. The molecule has 0 fully saturated rings. The summed E-state index contributed by atoms with van der Waals surface area (Å²) < 4.78 is 5.14. The monoisotopic (exact) mass is 275 g/mol. The Kier molecular flexibility index (Phi) is 4.74. The van der Waals surface area contributed by atoms with Gasteiger partial charge in [-0.3, -0.25) is 4.79 Å². The molecule has 0 unspecified atom stereocenters. The average molecular weight is 275 g/mol. The van der Waals surface area contributed by atoms with Gasteiger partial charge < -0.3 is 15.8 Å². The van der Waals surface area contributed by atoms with Crippen molar-refractivity contribution < 1.29 is 9.53 Å². The van der Waals surface area contributed by atoms with Crippen LogP contribution in [0.25, 0.3) is 0 Å². The summed E-state index contributed by atoms with van der Waals surface area (Å²) in [5.74, 6) is 0.443. The van der Waals surface area contributed by atoms with Gasteiger partial charge in [0, 0.05) is 11.2 Å². The van der Waals surface area contributed by atoms with Crippen molar-refractivity contribution in [1.82, 2.24) is 0 Å². The summed E-state index contributed by atoms with van der Waals surface area (Å²) in [4.78, 5) is 12.3. The first-order valence-corrected chi connectivity index (χ1v) is 6.38. The van der Waals surface area contributed by atoms with Crippen LogP contribution < -0.4 is 15.8 Å². The maximum absolute atomic E-state index is 12.3. The Balaban J connectivity index is 2.75. The molecule has 0 aliphatic rings. The van der Waals surface area contributed by atoms with E-state index in [-0.39, 0.29) is 12.5 Å². The molecule has 0 aromatic heterocycles. The summed E-state index contributed by atoms with van der Waals surface area (Å²) in [6, 6.07) is 8.75. The van der Waals surface area contributed by atoms with E-state index >= 15 is 0 Å². The third-order valence-corrected chi connectivity index (χ3v) is 3.59. The Bertz CT molecular complexity index is 507. The lowest BCUT2D eigenvalue weighted by atomic mass is 9.74. The van der Waals surface area contributed by atoms with Crippen molar-refractivity contribution >= 4 is 11.6 Å². The van der Waals surface area contributed by atoms with Gasteiger partial charge in [-0.15, -0.1) is 0 Å². The van der Waals surface area contributed by atoms with E-state index in [2.05, 4.69) is 5.32 Å². The second kappa shape index (κ2) is 5.93. The third-order valence-electron chi connectivity index (χ3n) is 3.59. The van der Waals surface area contributed by atoms with Crippen molar-refractivity contribution in [2.75, 3.05) is 11.9 Å². The zero-order valence-corrected chi connectivity index (χ0v) is 12.4. The maximum Gasteiger partial charge on any atom is 0.231 e. The van der Waals surface area contributed by atoms with Crippen molar-refractivity contribution in [3.05, 3.63) is 24.3 Å². The molecule has 0 aliphatic carbocycles. The predicted molar refractivity (Wildman–Crippen MR) is 78.2 cm³/mol. The van der Waals surface area contributed by atoms with Crippen molar-refractivity contribution in [3.63, 3.8) is 0 Å². The molecule has 20 heavy (non-hydrogen) atoms. The number of nitrogens with zero attached hydrogens (tertiary/aromatic N) is 1. The second-order valence-corrected chi connectivity index (χ2v) is 5.77. The molecule has 1 aromatic rings. The van der Waals surface area contributed by atoms with Crippen LogP contribution in [-0.2, 0) is 4.79 Å². The van der Waals surface area contributed by atoms with Gasteiger partial charge in [0.2, 0.25) is 5.91 Å². The Morgan fingerprint density at radius 2 is 1.85 bits per heavy atom. The molecule has 5 heteroatoms. The molecule has 1 aromatic carbocycles. The molecule has 0 saturated heterocycles. The van der Waals surface area contributed by atoms with Crippen LogP contribution >= 0.6 is 0 Å². The number of carbonyl (C=O) groups is 1. The fraction of sp³-hybridized carbons (Fsp3) is 0.467. The molecular formula is C15H21N3O2. The molecule has 0 bridgehead atoms. The minimum Gasteiger partial charge on any atom is -0.479 e. The summed E-state index contributed by atoms with van der Waals surface area (Å²) >= 11 is 0. The van der Waals surface area contributed by atoms with E-state index < -0.39 is 11.0 Å². The van der Waals surface area contributed by atoms with E-state index in [4.69, 9.17) is 15.7 Å². The summed E-state index contributed by atoms with van der Waals surface area (Å²) in [6.45, 7) is 7.27. The third kappa shape index (κ3) is 3.72. The Hall–Kier alpha value is -2.06. The first kappa shape index (κ1) is 16.0. The number of amides is 1. The van der Waals surface area contributed by atoms with E-state index in [0.717, 1.165) is 0 Å². The minimum atomic E-state index is -0.705. The maximum atomic E-state index is 12.3. The fourth-order valence-corrected chi connectivity index (χ4v) is 1.33. The van der Waals surface area contributed by atoms with Crippen LogP contribution in [0.4, 0.5) is 5.69 Å². The molecule has 1 amide bonds. The Morgan fingerprint density at radius 3 is 2.30 bits per heavy atom. The highest BCUT2D eigenvalue weighted by molar-refractivity contribution is 5.95. The number of anilines is 1. The van der Waals surface area contributed by atoms with Crippen molar-refractivity contribution in [2.24, 2.45) is 11.1 Å². The topological polar surface area (TPSA) is 88.1 Å². The van der Waals surface area contributed by atoms with E-state index in [0.29, 0.717) is 11.4 Å². The van der Waals surface area contributed by atoms with Crippen LogP contribution in [0.2, 0.25) is 0 Å². The number of nitriles is 1. The van der Waals surface area contributed by atoms with Gasteiger partial charge in [0.05, 0.1) is 5.41 Å². The molecule has 0 atom stereocenters. The molecule has 108 valence electrons. The van der Waals surface area contributed by atoms with Crippen LogP contribution in [0.3, 0.4) is 0 Å². The zero-order chi connectivity index (χ0) is 15.4. The van der Waals surface area contributed by atoms with Gasteiger partial charge >= 0.3 is 0 Å². The largest absolute Gasteiger partial charge is 0.479 e. The Morgan fingerprint density at radius 1 is 1.30 bits per heavy atom. The van der Waals surface area contributed by atoms with Gasteiger partial charge in [0.15, 0.2) is 6.61 Å². The van der Waals surface area contributed by atoms with Gasteiger partial charge in [-0.1, -0.05) is 0 Å². The lowest BCUT2D eigenvalue weighted by Gasteiger charge is -2.36. The fourth-order valence-electron chi connectivity index (χ4n) is 1.33. The van der Waals surface area contributed by atoms with Crippen molar-refractivity contribution in [3.8, 4) is 11.8 Å². The minimum absolute atomic E-state index is 0.0000991. The van der Waals surface area contributed by atoms with Crippen LogP contribution in [0.15, 0.2) is 24.3 Å². The Labute approximate surface area is 119 Å². The average Bonchev–Trinajstić information content (AvgIpc) is 2.36. The normalized spacial score (nSPS) is 11.6. The molecular weight excluding hydrogens is 254 g/mol. The van der Waals surface area contributed by atoms with Gasteiger partial charge in [-0.05, 0) is 52.0 Å². The van der Waals surface area contributed by atoms with E-state index in [1.54, 1.807) is 24.3 Å². The molecule has 0 aliphatic heterocycles. The van der Waals surface area contributed by atoms with Gasteiger partial charge in [0.25, 0.3) is 0 Å². The summed E-state index contributed by atoms with van der Waals surface area (Å²) in [6.07, 6.45) is 0. The SMILES string of the molecule is CC(C)(N)C(C)(C)C(=O)Nc1ccc(OCC#N)cc1. The number of hydrogen-bond acceptors (Lipinski definition) is 4. The van der Waals surface area contributed by atoms with Crippen LogP contribution in [-0.4, -0.2) is 18.1 Å². The van der Waals surface area contributed by atoms with Crippen LogP contribution in [0, 0.1) is 16.7 Å². The van der Waals surface area contributed by atoms with Gasteiger partial charge in [-0.25, -0.2) is 0 Å². The summed E-state index contributed by atoms with van der Waals surface area (Å²) in [5, 5.41) is 11.3. The number of rotatable bonds is 5. The predicted octanol–water partition coefficient (Wildman–Crippen LogP) is 2.29. The molecule has 0 heterocycles. The van der Waals surface area contributed by atoms with E-state index in [1.807, 2.05) is 33.8 Å².